The van der Waals surface area contributed by atoms with Crippen molar-refractivity contribution in [1.29, 1.82) is 0 Å². The van der Waals surface area contributed by atoms with E-state index in [9.17, 15) is 4.79 Å². The Morgan fingerprint density at radius 3 is 2.44 bits per heavy atom. The first-order chi connectivity index (χ1) is 8.77. The molecule has 0 aliphatic heterocycles. The van der Waals surface area contributed by atoms with Gasteiger partial charge in [-0.15, -0.1) is 0 Å². The van der Waals surface area contributed by atoms with E-state index in [1.54, 1.807) is 4.57 Å². The van der Waals surface area contributed by atoms with Crippen LogP contribution < -0.4 is 5.69 Å². The fourth-order valence-electron chi connectivity index (χ4n) is 2.34. The molecule has 0 amide bonds. The number of aromatic amines is 1. The molecule has 2 aromatic carbocycles. The van der Waals surface area contributed by atoms with Gasteiger partial charge in [-0.25, -0.2) is 4.79 Å². The van der Waals surface area contributed by atoms with Gasteiger partial charge in [0, 0.05) is 0 Å². The molecule has 0 fully saturated rings. The number of H-pyrrole nitrogens is 1. The molecule has 18 heavy (non-hydrogen) atoms. The van der Waals surface area contributed by atoms with Gasteiger partial charge in [0.05, 0.1) is 17.1 Å². The molecule has 1 aromatic heterocycles. The Morgan fingerprint density at radius 1 is 1.00 bits per heavy atom. The van der Waals surface area contributed by atoms with Crippen molar-refractivity contribution in [1.82, 2.24) is 9.55 Å². The summed E-state index contributed by atoms with van der Waals surface area (Å²) in [7, 11) is 0. The smallest absolute Gasteiger partial charge is 0.306 e. The molecule has 3 aromatic rings. The predicted molar refractivity (Wildman–Crippen MR) is 72.8 cm³/mol. The maximum atomic E-state index is 12.1. The van der Waals surface area contributed by atoms with Crippen molar-refractivity contribution in [2.24, 2.45) is 0 Å². The van der Waals surface area contributed by atoms with Gasteiger partial charge in [0.2, 0.25) is 0 Å². The zero-order chi connectivity index (χ0) is 12.5. The third kappa shape index (κ3) is 1.64. The summed E-state index contributed by atoms with van der Waals surface area (Å²) in [6, 6.07) is 17.8. The number of aromatic nitrogens is 2. The standard InChI is InChI=1S/C15H14N2O/c1-11(12-7-3-2-4-8-12)17-14-10-6-5-9-13(14)16-15(17)18/h2-11H,1H3,(H,16,18)/t11-/m1/s1. The maximum Gasteiger partial charge on any atom is 0.327 e. The van der Waals surface area contributed by atoms with Crippen LogP contribution in [-0.4, -0.2) is 9.55 Å². The van der Waals surface area contributed by atoms with Crippen LogP contribution in [0.3, 0.4) is 0 Å². The highest BCUT2D eigenvalue weighted by Crippen LogP contribution is 2.20. The Kier molecular flexibility index (Phi) is 2.52. The number of nitrogens with zero attached hydrogens (tertiary/aromatic N) is 1. The summed E-state index contributed by atoms with van der Waals surface area (Å²) in [5.74, 6) is 0. The first-order valence-electron chi connectivity index (χ1n) is 6.01. The van der Waals surface area contributed by atoms with Gasteiger partial charge in [-0.1, -0.05) is 42.5 Å². The van der Waals surface area contributed by atoms with Crippen LogP contribution in [0.25, 0.3) is 11.0 Å². The van der Waals surface area contributed by atoms with E-state index >= 15 is 0 Å². The van der Waals surface area contributed by atoms with Crippen LogP contribution in [0.2, 0.25) is 0 Å². The first-order valence-corrected chi connectivity index (χ1v) is 6.01. The molecule has 3 rings (SSSR count). The summed E-state index contributed by atoms with van der Waals surface area (Å²) in [6.07, 6.45) is 0. The molecule has 3 nitrogen and oxygen atoms in total. The minimum absolute atomic E-state index is 0.0230. The minimum Gasteiger partial charge on any atom is -0.306 e. The molecule has 0 bridgehead atoms. The number of para-hydroxylation sites is 2. The van der Waals surface area contributed by atoms with Crippen molar-refractivity contribution in [3.63, 3.8) is 0 Å². The van der Waals surface area contributed by atoms with Gasteiger partial charge in [-0.05, 0) is 24.6 Å². The highest BCUT2D eigenvalue weighted by atomic mass is 16.1. The molecule has 0 saturated carbocycles. The van der Waals surface area contributed by atoms with E-state index in [1.807, 2.05) is 61.5 Å². The number of nitrogens with one attached hydrogen (secondary N) is 1. The topological polar surface area (TPSA) is 37.8 Å². The van der Waals surface area contributed by atoms with Crippen LogP contribution in [0, 0.1) is 0 Å². The lowest BCUT2D eigenvalue weighted by atomic mass is 10.1. The Balaban J connectivity index is 2.20. The summed E-state index contributed by atoms with van der Waals surface area (Å²) in [6.45, 7) is 2.04. The number of fused-ring (bicyclic) bond motifs is 1. The molecule has 1 atom stereocenters. The number of imidazole rings is 1. The van der Waals surface area contributed by atoms with Gasteiger partial charge >= 0.3 is 5.69 Å². The summed E-state index contributed by atoms with van der Waals surface area (Å²) < 4.78 is 1.80. The SMILES string of the molecule is C[C@H](c1ccccc1)n1c(=O)[nH]c2ccccc21. The van der Waals surface area contributed by atoms with E-state index in [-0.39, 0.29) is 11.7 Å². The third-order valence-corrected chi connectivity index (χ3v) is 3.29. The fourth-order valence-corrected chi connectivity index (χ4v) is 2.34. The average Bonchev–Trinajstić information content (AvgIpc) is 2.75. The van der Waals surface area contributed by atoms with Crippen molar-refractivity contribution < 1.29 is 0 Å². The lowest BCUT2D eigenvalue weighted by Crippen LogP contribution is -2.21. The maximum absolute atomic E-state index is 12.1. The lowest BCUT2D eigenvalue weighted by molar-refractivity contribution is 0.635. The van der Waals surface area contributed by atoms with E-state index in [0.717, 1.165) is 16.6 Å². The van der Waals surface area contributed by atoms with Crippen molar-refractivity contribution >= 4 is 11.0 Å². The van der Waals surface area contributed by atoms with E-state index in [2.05, 4.69) is 4.98 Å². The zero-order valence-electron chi connectivity index (χ0n) is 10.1. The summed E-state index contributed by atoms with van der Waals surface area (Å²) in [4.78, 5) is 14.9. The Bertz CT molecular complexity index is 725. The van der Waals surface area contributed by atoms with Gasteiger partial charge in [0.1, 0.15) is 0 Å². The van der Waals surface area contributed by atoms with Crippen LogP contribution in [0.4, 0.5) is 0 Å². The molecule has 0 aliphatic rings. The van der Waals surface area contributed by atoms with Crippen molar-refractivity contribution in [3.8, 4) is 0 Å². The first kappa shape index (κ1) is 10.8. The normalized spacial score (nSPS) is 12.7. The largest absolute Gasteiger partial charge is 0.327 e. The number of rotatable bonds is 2. The molecule has 1 heterocycles. The Hall–Kier alpha value is -2.29. The molecule has 0 unspecified atom stereocenters. The molecule has 0 saturated heterocycles. The minimum atomic E-state index is -0.0625. The average molecular weight is 238 g/mol. The third-order valence-electron chi connectivity index (χ3n) is 3.29. The van der Waals surface area contributed by atoms with Crippen molar-refractivity contribution in [3.05, 3.63) is 70.6 Å². The van der Waals surface area contributed by atoms with Gasteiger partial charge < -0.3 is 4.98 Å². The van der Waals surface area contributed by atoms with Crippen molar-refractivity contribution in [2.75, 3.05) is 0 Å². The van der Waals surface area contributed by atoms with E-state index in [0.29, 0.717) is 0 Å². The second-order valence-corrected chi connectivity index (χ2v) is 4.40. The molecular formula is C15H14N2O. The zero-order valence-corrected chi connectivity index (χ0v) is 10.1. The quantitative estimate of drug-likeness (QED) is 0.732. The van der Waals surface area contributed by atoms with Gasteiger partial charge in [0.15, 0.2) is 0 Å². The van der Waals surface area contributed by atoms with Crippen LogP contribution in [0.5, 0.6) is 0 Å². The van der Waals surface area contributed by atoms with Gasteiger partial charge in [0.25, 0.3) is 0 Å². The highest BCUT2D eigenvalue weighted by molar-refractivity contribution is 5.75. The molecule has 0 aliphatic carbocycles. The van der Waals surface area contributed by atoms with Crippen LogP contribution >= 0.6 is 0 Å². The van der Waals surface area contributed by atoms with Gasteiger partial charge in [-0.2, -0.15) is 0 Å². The fraction of sp³-hybridized carbons (Fsp3) is 0.133. The molecular weight excluding hydrogens is 224 g/mol. The van der Waals surface area contributed by atoms with Crippen LogP contribution in [0.15, 0.2) is 59.4 Å². The number of hydrogen-bond donors (Lipinski definition) is 1. The Morgan fingerprint density at radius 2 is 1.67 bits per heavy atom. The molecule has 3 heteroatoms. The lowest BCUT2D eigenvalue weighted by Gasteiger charge is -2.13. The summed E-state index contributed by atoms with van der Waals surface area (Å²) in [5.41, 5.74) is 2.89. The van der Waals surface area contributed by atoms with Crippen LogP contribution in [-0.2, 0) is 0 Å². The Labute approximate surface area is 105 Å². The highest BCUT2D eigenvalue weighted by Gasteiger charge is 2.13. The van der Waals surface area contributed by atoms with E-state index in [1.165, 1.54) is 0 Å². The van der Waals surface area contributed by atoms with E-state index in [4.69, 9.17) is 0 Å². The molecule has 0 radical (unpaired) electrons. The molecule has 1 N–H and O–H groups in total. The van der Waals surface area contributed by atoms with Crippen LogP contribution in [0.1, 0.15) is 18.5 Å². The summed E-state index contributed by atoms with van der Waals surface area (Å²) in [5, 5.41) is 0. The molecule has 90 valence electrons. The van der Waals surface area contributed by atoms with Gasteiger partial charge in [-0.3, -0.25) is 4.57 Å². The second kappa shape index (κ2) is 4.18. The summed E-state index contributed by atoms with van der Waals surface area (Å²) >= 11 is 0. The second-order valence-electron chi connectivity index (χ2n) is 4.40. The monoisotopic (exact) mass is 238 g/mol. The number of benzene rings is 2. The number of hydrogen-bond acceptors (Lipinski definition) is 1. The van der Waals surface area contributed by atoms with Crippen molar-refractivity contribution in [2.45, 2.75) is 13.0 Å². The van der Waals surface area contributed by atoms with E-state index < -0.39 is 0 Å². The predicted octanol–water partition coefficient (Wildman–Crippen LogP) is 2.94. The molecule has 0 spiro atoms.